The second-order valence-corrected chi connectivity index (χ2v) is 3.84. The van der Waals surface area contributed by atoms with E-state index in [2.05, 4.69) is 9.47 Å². The third-order valence-corrected chi connectivity index (χ3v) is 2.74. The topological polar surface area (TPSA) is 100 Å². The van der Waals surface area contributed by atoms with Crippen LogP contribution in [0.25, 0.3) is 0 Å². The average molecular weight is 272 g/mol. The van der Waals surface area contributed by atoms with Crippen LogP contribution in [0.3, 0.4) is 0 Å². The molecule has 20 heavy (non-hydrogen) atoms. The summed E-state index contributed by atoms with van der Waals surface area (Å²) in [7, 11) is 2.40. The Kier molecular flexibility index (Phi) is 5.25. The largest absolute Gasteiger partial charge is 0.468 e. The first-order valence-electron chi connectivity index (χ1n) is 5.63. The first-order chi connectivity index (χ1) is 9.58. The lowest BCUT2D eigenvalue weighted by molar-refractivity contribution is -0.141. The molecule has 2 unspecified atom stereocenters. The maximum Gasteiger partial charge on any atom is 0.327 e. The van der Waals surface area contributed by atoms with E-state index in [-0.39, 0.29) is 0 Å². The van der Waals surface area contributed by atoms with Gasteiger partial charge in [0, 0.05) is 0 Å². The van der Waals surface area contributed by atoms with Crippen LogP contribution in [0.4, 0.5) is 0 Å². The molecule has 6 nitrogen and oxygen atoms in total. The Bertz CT molecular complexity index is 528. The predicted molar refractivity (Wildman–Crippen MR) is 67.2 cm³/mol. The van der Waals surface area contributed by atoms with Gasteiger partial charge in [-0.15, -0.1) is 0 Å². The monoisotopic (exact) mass is 272 g/mol. The highest BCUT2D eigenvalue weighted by Crippen LogP contribution is 2.21. The summed E-state index contributed by atoms with van der Waals surface area (Å²) < 4.78 is 9.05. The first kappa shape index (κ1) is 15.2. The van der Waals surface area contributed by atoms with Crippen LogP contribution >= 0.6 is 0 Å². The molecule has 0 aromatic heterocycles. The highest BCUT2D eigenvalue weighted by Gasteiger charge is 2.23. The van der Waals surface area contributed by atoms with Gasteiger partial charge < -0.3 is 9.47 Å². The smallest absolute Gasteiger partial charge is 0.327 e. The van der Waals surface area contributed by atoms with Gasteiger partial charge in [0.2, 0.25) is 0 Å². The van der Waals surface area contributed by atoms with Crippen LogP contribution in [0, 0.1) is 22.7 Å². The lowest BCUT2D eigenvalue weighted by Gasteiger charge is -2.10. The highest BCUT2D eigenvalue weighted by atomic mass is 16.5. The molecule has 102 valence electrons. The van der Waals surface area contributed by atoms with Gasteiger partial charge in [0.15, 0.2) is 11.8 Å². The van der Waals surface area contributed by atoms with Gasteiger partial charge in [0.05, 0.1) is 26.4 Å². The van der Waals surface area contributed by atoms with Crippen LogP contribution in [0.15, 0.2) is 24.3 Å². The van der Waals surface area contributed by atoms with Gasteiger partial charge in [0.25, 0.3) is 0 Å². The van der Waals surface area contributed by atoms with Crippen molar-refractivity contribution < 1.29 is 19.1 Å². The third-order valence-electron chi connectivity index (χ3n) is 2.74. The molecule has 0 spiro atoms. The summed E-state index contributed by atoms with van der Waals surface area (Å²) in [5.74, 6) is -3.39. The minimum atomic E-state index is -1.03. The summed E-state index contributed by atoms with van der Waals surface area (Å²) in [6.45, 7) is 0. The summed E-state index contributed by atoms with van der Waals surface area (Å²) in [5.41, 5.74) is 0.870. The molecule has 0 saturated heterocycles. The maximum absolute atomic E-state index is 11.4. The molecule has 2 atom stereocenters. The fourth-order valence-electron chi connectivity index (χ4n) is 1.64. The van der Waals surface area contributed by atoms with Crippen molar-refractivity contribution in [3.63, 3.8) is 0 Å². The second kappa shape index (κ2) is 6.91. The molecule has 0 radical (unpaired) electrons. The number of ether oxygens (including phenoxy) is 2. The number of nitrogens with zero attached hydrogens (tertiary/aromatic N) is 2. The molecule has 0 aliphatic carbocycles. The van der Waals surface area contributed by atoms with Crippen molar-refractivity contribution in [2.24, 2.45) is 0 Å². The SMILES string of the molecule is COC(=O)C(C#N)c1ccc(C(C#N)C(=O)OC)cc1. The van der Waals surface area contributed by atoms with Crippen molar-refractivity contribution in [1.29, 1.82) is 10.5 Å². The Balaban J connectivity index is 3.05. The van der Waals surface area contributed by atoms with Crippen LogP contribution in [0.5, 0.6) is 0 Å². The Morgan fingerprint density at radius 3 is 1.40 bits per heavy atom. The van der Waals surface area contributed by atoms with Gasteiger partial charge >= 0.3 is 11.9 Å². The molecule has 0 N–H and O–H groups in total. The highest BCUT2D eigenvalue weighted by molar-refractivity contribution is 5.82. The van der Waals surface area contributed by atoms with Crippen molar-refractivity contribution in [1.82, 2.24) is 0 Å². The zero-order chi connectivity index (χ0) is 15.1. The molecule has 6 heteroatoms. The number of nitriles is 2. The minimum Gasteiger partial charge on any atom is -0.468 e. The minimum absolute atomic E-state index is 0.435. The molecule has 1 rings (SSSR count). The van der Waals surface area contributed by atoms with E-state index < -0.39 is 23.8 Å². The molecule has 1 aromatic rings. The normalized spacial score (nSPS) is 12.4. The standard InChI is InChI=1S/C14H12N2O4/c1-19-13(17)11(7-15)9-3-5-10(6-4-9)12(8-16)14(18)20-2/h3-6,11-12H,1-2H3. The Labute approximate surface area is 116 Å². The first-order valence-corrected chi connectivity index (χ1v) is 5.63. The van der Waals surface area contributed by atoms with Crippen LogP contribution in [0.2, 0.25) is 0 Å². The molecular weight excluding hydrogens is 260 g/mol. The molecule has 0 amide bonds. The Hall–Kier alpha value is -2.86. The Morgan fingerprint density at radius 2 is 1.20 bits per heavy atom. The van der Waals surface area contributed by atoms with Crippen molar-refractivity contribution in [3.8, 4) is 12.1 Å². The van der Waals surface area contributed by atoms with E-state index in [1.54, 1.807) is 0 Å². The van der Waals surface area contributed by atoms with Crippen LogP contribution < -0.4 is 0 Å². The van der Waals surface area contributed by atoms with Gasteiger partial charge in [-0.1, -0.05) is 24.3 Å². The molecule has 0 fully saturated rings. The van der Waals surface area contributed by atoms with E-state index in [0.29, 0.717) is 11.1 Å². The summed E-state index contributed by atoms with van der Waals surface area (Å²) in [6, 6.07) is 9.70. The van der Waals surface area contributed by atoms with E-state index in [9.17, 15) is 9.59 Å². The maximum atomic E-state index is 11.4. The van der Waals surface area contributed by atoms with Gasteiger partial charge in [-0.2, -0.15) is 10.5 Å². The predicted octanol–water partition coefficient (Wildman–Crippen LogP) is 1.25. The quantitative estimate of drug-likeness (QED) is 0.764. The van der Waals surface area contributed by atoms with Crippen molar-refractivity contribution in [2.75, 3.05) is 14.2 Å². The van der Waals surface area contributed by atoms with Crippen molar-refractivity contribution in [3.05, 3.63) is 35.4 Å². The third kappa shape index (κ3) is 3.12. The summed E-state index contributed by atoms with van der Waals surface area (Å²) in [5, 5.41) is 17.9. The molecule has 0 saturated carbocycles. The molecule has 0 aliphatic heterocycles. The van der Waals surface area contributed by atoms with Crippen molar-refractivity contribution in [2.45, 2.75) is 11.8 Å². The van der Waals surface area contributed by atoms with Crippen LogP contribution in [-0.4, -0.2) is 26.2 Å². The van der Waals surface area contributed by atoms with Gasteiger partial charge in [-0.25, -0.2) is 0 Å². The lowest BCUT2D eigenvalue weighted by Crippen LogP contribution is -2.14. The van der Waals surface area contributed by atoms with E-state index in [4.69, 9.17) is 10.5 Å². The summed E-state index contributed by atoms with van der Waals surface area (Å²) >= 11 is 0. The molecular formula is C14H12N2O4. The average Bonchev–Trinajstić information content (AvgIpc) is 2.49. The summed E-state index contributed by atoms with van der Waals surface area (Å²) in [6.07, 6.45) is 0. The molecule has 0 aliphatic rings. The van der Waals surface area contributed by atoms with E-state index in [1.165, 1.54) is 38.5 Å². The van der Waals surface area contributed by atoms with Gasteiger partial charge in [-0.3, -0.25) is 9.59 Å². The fraction of sp³-hybridized carbons (Fsp3) is 0.286. The number of carbonyl (C=O) groups is 2. The zero-order valence-electron chi connectivity index (χ0n) is 11.0. The fourth-order valence-corrected chi connectivity index (χ4v) is 1.64. The van der Waals surface area contributed by atoms with Crippen LogP contribution in [0.1, 0.15) is 23.0 Å². The van der Waals surface area contributed by atoms with Crippen LogP contribution in [-0.2, 0) is 19.1 Å². The van der Waals surface area contributed by atoms with Gasteiger partial charge in [-0.05, 0) is 11.1 Å². The summed E-state index contributed by atoms with van der Waals surface area (Å²) in [4.78, 5) is 22.8. The number of hydrogen-bond donors (Lipinski definition) is 0. The number of methoxy groups -OCH3 is 2. The number of rotatable bonds is 4. The number of hydrogen-bond acceptors (Lipinski definition) is 6. The lowest BCUT2D eigenvalue weighted by atomic mass is 9.95. The van der Waals surface area contributed by atoms with Gasteiger partial charge in [0.1, 0.15) is 0 Å². The molecule has 1 aromatic carbocycles. The van der Waals surface area contributed by atoms with E-state index >= 15 is 0 Å². The van der Waals surface area contributed by atoms with Crippen molar-refractivity contribution >= 4 is 11.9 Å². The number of benzene rings is 1. The van der Waals surface area contributed by atoms with E-state index in [0.717, 1.165) is 0 Å². The second-order valence-electron chi connectivity index (χ2n) is 3.84. The number of esters is 2. The Morgan fingerprint density at radius 1 is 0.900 bits per heavy atom. The molecule has 0 bridgehead atoms. The number of carbonyl (C=O) groups excluding carboxylic acids is 2. The zero-order valence-corrected chi connectivity index (χ0v) is 11.0. The molecule has 0 heterocycles. The van der Waals surface area contributed by atoms with E-state index in [1.807, 2.05) is 12.1 Å².